The van der Waals surface area contributed by atoms with Crippen LogP contribution in [0.3, 0.4) is 0 Å². The van der Waals surface area contributed by atoms with Crippen molar-refractivity contribution in [3.8, 4) is 0 Å². The third-order valence-corrected chi connectivity index (χ3v) is 1.81. The second kappa shape index (κ2) is 3.46. The first-order valence-corrected chi connectivity index (χ1v) is 3.43. The molecule has 5 heteroatoms. The molecule has 1 saturated heterocycles. The van der Waals surface area contributed by atoms with Crippen molar-refractivity contribution in [1.82, 2.24) is 0 Å². The molecule has 0 aromatic rings. The Morgan fingerprint density at radius 1 is 1.64 bits per heavy atom. The van der Waals surface area contributed by atoms with Gasteiger partial charge in [0.05, 0.1) is 12.6 Å². The van der Waals surface area contributed by atoms with E-state index in [0.29, 0.717) is 0 Å². The van der Waals surface area contributed by atoms with Gasteiger partial charge in [0.15, 0.2) is 6.29 Å². The van der Waals surface area contributed by atoms with E-state index >= 15 is 0 Å². The van der Waals surface area contributed by atoms with Crippen LogP contribution in [0, 0.1) is 0 Å². The average Bonchev–Trinajstić information content (AvgIpc) is 2.30. The van der Waals surface area contributed by atoms with Crippen LogP contribution in [0.5, 0.6) is 0 Å². The van der Waals surface area contributed by atoms with Crippen molar-refractivity contribution in [2.45, 2.75) is 24.5 Å². The van der Waals surface area contributed by atoms with Crippen molar-refractivity contribution in [1.29, 1.82) is 0 Å². The summed E-state index contributed by atoms with van der Waals surface area (Å²) in [5.74, 6) is 0. The number of ether oxygens (including phenoxy) is 2. The van der Waals surface area contributed by atoms with Gasteiger partial charge in [0.25, 0.3) is 0 Å². The lowest BCUT2D eigenvalue weighted by Crippen LogP contribution is -2.41. The summed E-state index contributed by atoms with van der Waals surface area (Å²) < 4.78 is 9.84. The van der Waals surface area contributed by atoms with Gasteiger partial charge in [0.2, 0.25) is 0 Å². The Labute approximate surface area is 64.7 Å². The van der Waals surface area contributed by atoms with Gasteiger partial charge in [0.1, 0.15) is 12.2 Å². The largest absolute Gasteiger partial charge is 0.394 e. The molecule has 0 aromatic carbocycles. The maximum Gasteiger partial charge on any atom is 0.175 e. The zero-order valence-electron chi connectivity index (χ0n) is 6.30. The molecule has 0 spiro atoms. The third kappa shape index (κ3) is 1.52. The lowest BCUT2D eigenvalue weighted by Gasteiger charge is -2.12. The van der Waals surface area contributed by atoms with E-state index in [1.807, 2.05) is 0 Å². The third-order valence-electron chi connectivity index (χ3n) is 1.81. The summed E-state index contributed by atoms with van der Waals surface area (Å²) in [6.07, 6.45) is -2.07. The molecule has 0 radical (unpaired) electrons. The van der Waals surface area contributed by atoms with Crippen LogP contribution in [0.1, 0.15) is 0 Å². The number of methoxy groups -OCH3 is 1. The van der Waals surface area contributed by atoms with Crippen molar-refractivity contribution in [3.05, 3.63) is 0 Å². The molecule has 5 nitrogen and oxygen atoms in total. The van der Waals surface area contributed by atoms with E-state index in [1.165, 1.54) is 7.11 Å². The van der Waals surface area contributed by atoms with Crippen LogP contribution in [0.15, 0.2) is 0 Å². The highest BCUT2D eigenvalue weighted by atomic mass is 16.7. The summed E-state index contributed by atoms with van der Waals surface area (Å²) in [4.78, 5) is 0. The minimum atomic E-state index is -0.843. The van der Waals surface area contributed by atoms with Gasteiger partial charge in [-0.05, 0) is 0 Å². The van der Waals surface area contributed by atoms with Crippen molar-refractivity contribution >= 4 is 0 Å². The highest BCUT2D eigenvalue weighted by molar-refractivity contribution is 4.88. The molecule has 4 N–H and O–H groups in total. The zero-order chi connectivity index (χ0) is 8.43. The van der Waals surface area contributed by atoms with E-state index in [0.717, 1.165) is 0 Å². The molecular formula is C6H13NO4. The fraction of sp³-hybridized carbons (Fsp3) is 1.00. The summed E-state index contributed by atoms with van der Waals surface area (Å²) in [7, 11) is 1.44. The van der Waals surface area contributed by atoms with Crippen LogP contribution in [0.25, 0.3) is 0 Å². The molecule has 1 aliphatic heterocycles. The van der Waals surface area contributed by atoms with Crippen LogP contribution in [-0.2, 0) is 9.47 Å². The van der Waals surface area contributed by atoms with Gasteiger partial charge < -0.3 is 25.4 Å². The summed E-state index contributed by atoms with van der Waals surface area (Å²) in [5.41, 5.74) is 5.49. The molecular weight excluding hydrogens is 150 g/mol. The molecule has 1 rings (SSSR count). The second-order valence-electron chi connectivity index (χ2n) is 2.53. The number of nitrogens with two attached hydrogens (primary N) is 1. The molecule has 4 atom stereocenters. The first kappa shape index (κ1) is 8.89. The Hall–Kier alpha value is -0.200. The van der Waals surface area contributed by atoms with Crippen molar-refractivity contribution in [2.24, 2.45) is 5.73 Å². The number of hydrogen-bond acceptors (Lipinski definition) is 5. The van der Waals surface area contributed by atoms with Gasteiger partial charge in [-0.2, -0.15) is 0 Å². The lowest BCUT2D eigenvalue weighted by molar-refractivity contribution is -0.130. The quantitative estimate of drug-likeness (QED) is 0.440. The SMILES string of the molecule is CO[C@H]1O[C@H](CO)[C@@H](O)[C@@H]1N. The van der Waals surface area contributed by atoms with Crippen LogP contribution in [-0.4, -0.2) is 48.5 Å². The average molecular weight is 163 g/mol. The first-order chi connectivity index (χ1) is 5.20. The summed E-state index contributed by atoms with van der Waals surface area (Å²) in [6.45, 7) is -0.241. The van der Waals surface area contributed by atoms with Crippen LogP contribution >= 0.6 is 0 Å². The Balaban J connectivity index is 2.53. The highest BCUT2D eigenvalue weighted by Crippen LogP contribution is 2.19. The summed E-state index contributed by atoms with van der Waals surface area (Å²) in [6, 6.07) is -0.572. The minimum Gasteiger partial charge on any atom is -0.394 e. The number of rotatable bonds is 2. The fourth-order valence-corrected chi connectivity index (χ4v) is 1.12. The molecule has 66 valence electrons. The molecule has 0 bridgehead atoms. The zero-order valence-corrected chi connectivity index (χ0v) is 6.30. The Bertz CT molecular complexity index is 114. The molecule has 0 amide bonds. The van der Waals surface area contributed by atoms with E-state index in [2.05, 4.69) is 0 Å². The van der Waals surface area contributed by atoms with Crippen LogP contribution in [0.2, 0.25) is 0 Å². The van der Waals surface area contributed by atoms with Gasteiger partial charge in [-0.3, -0.25) is 0 Å². The van der Waals surface area contributed by atoms with Crippen molar-refractivity contribution < 1.29 is 19.7 Å². The van der Waals surface area contributed by atoms with E-state index < -0.39 is 24.5 Å². The van der Waals surface area contributed by atoms with E-state index in [4.69, 9.17) is 20.3 Å². The molecule has 11 heavy (non-hydrogen) atoms. The van der Waals surface area contributed by atoms with Crippen LogP contribution in [0.4, 0.5) is 0 Å². The van der Waals surface area contributed by atoms with E-state index in [1.54, 1.807) is 0 Å². The highest BCUT2D eigenvalue weighted by Gasteiger charge is 2.41. The van der Waals surface area contributed by atoms with Gasteiger partial charge in [-0.25, -0.2) is 0 Å². The van der Waals surface area contributed by atoms with Crippen LogP contribution < -0.4 is 5.73 Å². The predicted molar refractivity (Wildman–Crippen MR) is 36.7 cm³/mol. The standard InChI is InChI=1S/C6H13NO4/c1-10-6-4(7)5(9)3(2-8)11-6/h3-6,8-9H,2,7H2,1H3/t3-,4+,5-,6+/m1/s1. The second-order valence-corrected chi connectivity index (χ2v) is 2.53. The topological polar surface area (TPSA) is 84.9 Å². The van der Waals surface area contributed by atoms with Gasteiger partial charge in [-0.1, -0.05) is 0 Å². The Morgan fingerprint density at radius 2 is 2.27 bits per heavy atom. The number of aliphatic hydroxyl groups excluding tert-OH is 2. The van der Waals surface area contributed by atoms with E-state index in [-0.39, 0.29) is 6.61 Å². The molecule has 1 aliphatic rings. The Kier molecular flexibility index (Phi) is 2.80. The molecule has 0 saturated carbocycles. The number of aliphatic hydroxyl groups is 2. The smallest absolute Gasteiger partial charge is 0.175 e. The molecule has 1 fully saturated rings. The summed E-state index contributed by atoms with van der Waals surface area (Å²) >= 11 is 0. The number of hydrogen-bond donors (Lipinski definition) is 3. The maximum absolute atomic E-state index is 9.27. The molecule has 0 aromatic heterocycles. The van der Waals surface area contributed by atoms with Crippen molar-refractivity contribution in [3.63, 3.8) is 0 Å². The normalized spacial score (nSPS) is 44.7. The molecule has 1 heterocycles. The molecule has 0 aliphatic carbocycles. The van der Waals surface area contributed by atoms with Gasteiger partial charge >= 0.3 is 0 Å². The monoisotopic (exact) mass is 163 g/mol. The van der Waals surface area contributed by atoms with Gasteiger partial charge in [-0.15, -0.1) is 0 Å². The lowest BCUT2D eigenvalue weighted by atomic mass is 10.1. The first-order valence-electron chi connectivity index (χ1n) is 3.43. The molecule has 0 unspecified atom stereocenters. The summed E-state index contributed by atoms with van der Waals surface area (Å²) in [5, 5.41) is 17.9. The Morgan fingerprint density at radius 3 is 2.55 bits per heavy atom. The van der Waals surface area contributed by atoms with Gasteiger partial charge in [0, 0.05) is 7.11 Å². The van der Waals surface area contributed by atoms with E-state index in [9.17, 15) is 5.11 Å². The maximum atomic E-state index is 9.27. The van der Waals surface area contributed by atoms with Crippen molar-refractivity contribution in [2.75, 3.05) is 13.7 Å². The fourth-order valence-electron chi connectivity index (χ4n) is 1.12. The minimum absolute atomic E-state index is 0.241. The predicted octanol–water partition coefficient (Wildman–Crippen LogP) is -1.96.